The van der Waals surface area contributed by atoms with E-state index >= 15 is 0 Å². The van der Waals surface area contributed by atoms with Gasteiger partial charge in [0.05, 0.1) is 12.1 Å². The molecule has 1 N–H and O–H groups in total. The molecule has 0 radical (unpaired) electrons. The van der Waals surface area contributed by atoms with Crippen LogP contribution in [0.2, 0.25) is 0 Å². The zero-order valence-electron chi connectivity index (χ0n) is 13.7. The Balaban J connectivity index is 1.56. The zero-order chi connectivity index (χ0) is 17.8. The molecular weight excluding hydrogens is 322 g/mol. The van der Waals surface area contributed by atoms with E-state index in [2.05, 4.69) is 5.32 Å². The van der Waals surface area contributed by atoms with Gasteiger partial charge in [0, 0.05) is 18.1 Å². The van der Waals surface area contributed by atoms with E-state index in [0.717, 1.165) is 5.56 Å². The van der Waals surface area contributed by atoms with Crippen LogP contribution in [0.25, 0.3) is 0 Å². The van der Waals surface area contributed by atoms with E-state index in [1.807, 2.05) is 19.1 Å². The van der Waals surface area contributed by atoms with Crippen LogP contribution in [-0.2, 0) is 9.59 Å². The van der Waals surface area contributed by atoms with Crippen LogP contribution < -0.4 is 14.8 Å². The van der Waals surface area contributed by atoms with Gasteiger partial charge in [-0.2, -0.15) is 0 Å². The number of carbonyl (C=O) groups is 3. The summed E-state index contributed by atoms with van der Waals surface area (Å²) in [6, 6.07) is 11.9. The van der Waals surface area contributed by atoms with Crippen LogP contribution in [0.1, 0.15) is 28.8 Å². The number of ketones is 1. The number of hydrogen-bond acceptors (Lipinski definition) is 5. The number of benzene rings is 2. The lowest BCUT2D eigenvalue weighted by Crippen LogP contribution is -2.25. The van der Waals surface area contributed by atoms with Crippen LogP contribution in [0.5, 0.6) is 11.5 Å². The number of carbonyl (C=O) groups excluding carboxylic acids is 3. The Morgan fingerprint density at radius 1 is 1.12 bits per heavy atom. The predicted molar refractivity (Wildman–Crippen MR) is 90.9 cm³/mol. The molecule has 1 aliphatic heterocycles. The monoisotopic (exact) mass is 339 g/mol. The average Bonchev–Trinajstić information content (AvgIpc) is 2.60. The van der Waals surface area contributed by atoms with Crippen molar-refractivity contribution in [1.29, 1.82) is 0 Å². The molecule has 1 aliphatic rings. The summed E-state index contributed by atoms with van der Waals surface area (Å²) in [5, 5.41) is 2.64. The standard InChI is InChI=1S/C19H17NO5/c1-12-2-4-13(5-3-12)16(21)7-9-19(23)25-14-6-8-17-15(10-14)20-18(22)11-24-17/h2-6,8,10H,7,9,11H2,1H3,(H,20,22). The molecule has 3 rings (SSSR count). The molecule has 0 saturated heterocycles. The van der Waals surface area contributed by atoms with Crippen molar-refractivity contribution in [3.63, 3.8) is 0 Å². The minimum absolute atomic E-state index is 0.0212. The number of fused-ring (bicyclic) bond motifs is 1. The van der Waals surface area contributed by atoms with Crippen molar-refractivity contribution in [2.75, 3.05) is 11.9 Å². The van der Waals surface area contributed by atoms with Gasteiger partial charge < -0.3 is 14.8 Å². The summed E-state index contributed by atoms with van der Waals surface area (Å²) < 4.78 is 10.5. The highest BCUT2D eigenvalue weighted by atomic mass is 16.5. The van der Waals surface area contributed by atoms with Gasteiger partial charge in [0.15, 0.2) is 12.4 Å². The van der Waals surface area contributed by atoms with Crippen LogP contribution in [0.3, 0.4) is 0 Å². The van der Waals surface area contributed by atoms with Crippen LogP contribution in [0, 0.1) is 6.92 Å². The van der Waals surface area contributed by atoms with Gasteiger partial charge in [0.2, 0.25) is 0 Å². The Morgan fingerprint density at radius 2 is 1.88 bits per heavy atom. The molecule has 2 aromatic carbocycles. The van der Waals surface area contributed by atoms with Crippen LogP contribution in [-0.4, -0.2) is 24.3 Å². The topological polar surface area (TPSA) is 81.7 Å². The van der Waals surface area contributed by atoms with Crippen molar-refractivity contribution in [3.05, 3.63) is 53.6 Å². The number of nitrogens with one attached hydrogen (secondary N) is 1. The molecule has 2 aromatic rings. The van der Waals surface area contributed by atoms with E-state index in [9.17, 15) is 14.4 Å². The third kappa shape index (κ3) is 4.23. The Labute approximate surface area is 144 Å². The van der Waals surface area contributed by atoms with Crippen molar-refractivity contribution in [3.8, 4) is 11.5 Å². The number of ether oxygens (including phenoxy) is 2. The zero-order valence-corrected chi connectivity index (χ0v) is 13.7. The van der Waals surface area contributed by atoms with E-state index in [0.29, 0.717) is 17.0 Å². The van der Waals surface area contributed by atoms with Gasteiger partial charge in [-0.1, -0.05) is 29.8 Å². The summed E-state index contributed by atoms with van der Waals surface area (Å²) in [5.74, 6) is -0.0718. The highest BCUT2D eigenvalue weighted by Crippen LogP contribution is 2.31. The maximum Gasteiger partial charge on any atom is 0.311 e. The summed E-state index contributed by atoms with van der Waals surface area (Å²) >= 11 is 0. The van der Waals surface area contributed by atoms with Crippen molar-refractivity contribution >= 4 is 23.3 Å². The lowest BCUT2D eigenvalue weighted by Gasteiger charge is -2.18. The predicted octanol–water partition coefficient (Wildman–Crippen LogP) is 2.89. The minimum atomic E-state index is -0.511. The summed E-state index contributed by atoms with van der Waals surface area (Å²) in [7, 11) is 0. The highest BCUT2D eigenvalue weighted by molar-refractivity contribution is 5.98. The number of amides is 1. The van der Waals surface area contributed by atoms with Crippen molar-refractivity contribution < 1.29 is 23.9 Å². The Bertz CT molecular complexity index is 826. The van der Waals surface area contributed by atoms with Gasteiger partial charge in [-0.15, -0.1) is 0 Å². The number of aryl methyl sites for hydroxylation is 1. The van der Waals surface area contributed by atoms with Crippen molar-refractivity contribution in [1.82, 2.24) is 0 Å². The molecular formula is C19H17NO5. The second-order valence-electron chi connectivity index (χ2n) is 5.76. The molecule has 0 atom stereocenters. The molecule has 128 valence electrons. The van der Waals surface area contributed by atoms with Crippen LogP contribution in [0.15, 0.2) is 42.5 Å². The molecule has 6 heteroatoms. The summed E-state index contributed by atoms with van der Waals surface area (Å²) in [4.78, 5) is 35.3. The normalized spacial score (nSPS) is 12.6. The molecule has 0 unspecified atom stereocenters. The molecule has 0 saturated carbocycles. The lowest BCUT2D eigenvalue weighted by atomic mass is 10.1. The second-order valence-corrected chi connectivity index (χ2v) is 5.76. The van der Waals surface area contributed by atoms with Gasteiger partial charge in [0.25, 0.3) is 5.91 Å². The summed E-state index contributed by atoms with van der Waals surface area (Å²) in [5.41, 5.74) is 2.10. The first kappa shape index (κ1) is 16.7. The average molecular weight is 339 g/mol. The maximum atomic E-state index is 12.1. The Hall–Kier alpha value is -3.15. The van der Waals surface area contributed by atoms with Gasteiger partial charge in [0.1, 0.15) is 11.5 Å². The van der Waals surface area contributed by atoms with Gasteiger partial charge in [-0.3, -0.25) is 14.4 Å². The van der Waals surface area contributed by atoms with E-state index in [-0.39, 0.29) is 36.9 Å². The number of esters is 1. The number of anilines is 1. The van der Waals surface area contributed by atoms with Gasteiger partial charge in [-0.05, 0) is 19.1 Å². The van der Waals surface area contributed by atoms with Crippen molar-refractivity contribution in [2.45, 2.75) is 19.8 Å². The fourth-order valence-corrected chi connectivity index (χ4v) is 2.41. The Morgan fingerprint density at radius 3 is 2.64 bits per heavy atom. The second kappa shape index (κ2) is 7.17. The van der Waals surface area contributed by atoms with Gasteiger partial charge >= 0.3 is 5.97 Å². The molecule has 0 fully saturated rings. The van der Waals surface area contributed by atoms with Gasteiger partial charge in [-0.25, -0.2) is 0 Å². The molecule has 1 heterocycles. The first-order valence-corrected chi connectivity index (χ1v) is 7.88. The molecule has 0 bridgehead atoms. The third-order valence-electron chi connectivity index (χ3n) is 3.75. The molecule has 0 aliphatic carbocycles. The maximum absolute atomic E-state index is 12.1. The number of hydrogen-bond donors (Lipinski definition) is 1. The molecule has 1 amide bonds. The fraction of sp³-hybridized carbons (Fsp3) is 0.211. The number of rotatable bonds is 5. The van der Waals surface area contributed by atoms with Crippen LogP contribution >= 0.6 is 0 Å². The highest BCUT2D eigenvalue weighted by Gasteiger charge is 2.17. The molecule has 0 aromatic heterocycles. The molecule has 6 nitrogen and oxygen atoms in total. The van der Waals surface area contributed by atoms with Crippen LogP contribution in [0.4, 0.5) is 5.69 Å². The van der Waals surface area contributed by atoms with E-state index in [4.69, 9.17) is 9.47 Å². The minimum Gasteiger partial charge on any atom is -0.482 e. The lowest BCUT2D eigenvalue weighted by molar-refractivity contribution is -0.134. The Kier molecular flexibility index (Phi) is 4.79. The largest absolute Gasteiger partial charge is 0.482 e. The van der Waals surface area contributed by atoms with Crippen molar-refractivity contribution in [2.24, 2.45) is 0 Å². The van der Waals surface area contributed by atoms with E-state index < -0.39 is 5.97 Å². The number of Topliss-reactive ketones (excluding diaryl/α,β-unsaturated/α-hetero) is 1. The summed E-state index contributed by atoms with van der Waals surface area (Å²) in [6.07, 6.45) is 0.0549. The van der Waals surface area contributed by atoms with E-state index in [1.165, 1.54) is 6.07 Å². The van der Waals surface area contributed by atoms with E-state index in [1.54, 1.807) is 24.3 Å². The molecule has 25 heavy (non-hydrogen) atoms. The smallest absolute Gasteiger partial charge is 0.311 e. The summed E-state index contributed by atoms with van der Waals surface area (Å²) in [6.45, 7) is 1.91. The fourth-order valence-electron chi connectivity index (χ4n) is 2.41. The SMILES string of the molecule is Cc1ccc(C(=O)CCC(=O)Oc2ccc3c(c2)NC(=O)CO3)cc1. The first-order valence-electron chi connectivity index (χ1n) is 7.88. The first-order chi connectivity index (χ1) is 12.0. The quantitative estimate of drug-likeness (QED) is 0.514. The molecule has 0 spiro atoms. The third-order valence-corrected chi connectivity index (χ3v) is 3.75.